The van der Waals surface area contributed by atoms with E-state index in [1.807, 2.05) is 0 Å². The number of halogens is 1. The van der Waals surface area contributed by atoms with Gasteiger partial charge < -0.3 is 4.42 Å². The largest absolute Gasteiger partial charge is 0.457 e. The lowest BCUT2D eigenvalue weighted by atomic mass is 10.1. The molecule has 1 aromatic heterocycles. The number of thiocarbonyl (C=S) groups is 1. The summed E-state index contributed by atoms with van der Waals surface area (Å²) in [5.41, 5.74) is 0.766. The second-order valence-corrected chi connectivity index (χ2v) is 7.75. The van der Waals surface area contributed by atoms with Gasteiger partial charge in [0.25, 0.3) is 17.5 Å². The van der Waals surface area contributed by atoms with Crippen molar-refractivity contribution >= 4 is 62.5 Å². The summed E-state index contributed by atoms with van der Waals surface area (Å²) < 4.78 is 6.53. The lowest BCUT2D eigenvalue weighted by molar-refractivity contribution is -0.384. The molecular weight excluding hydrogens is 486 g/mol. The molecule has 0 bridgehead atoms. The highest BCUT2D eigenvalue weighted by Crippen LogP contribution is 2.28. The van der Waals surface area contributed by atoms with Crippen molar-refractivity contribution in [1.29, 1.82) is 0 Å². The number of hydrogen-bond acceptors (Lipinski definition) is 6. The van der Waals surface area contributed by atoms with Gasteiger partial charge in [-0.1, -0.05) is 28.1 Å². The van der Waals surface area contributed by atoms with E-state index in [1.54, 1.807) is 48.5 Å². The summed E-state index contributed by atoms with van der Waals surface area (Å²) in [4.78, 5) is 37.1. The molecule has 4 rings (SSSR count). The highest BCUT2D eigenvalue weighted by atomic mass is 79.9. The predicted octanol–water partition coefficient (Wildman–Crippen LogP) is 4.45. The minimum absolute atomic E-state index is 0.0220. The van der Waals surface area contributed by atoms with Crippen molar-refractivity contribution in [2.24, 2.45) is 0 Å². The fraction of sp³-hybridized carbons (Fsp3) is 0. The van der Waals surface area contributed by atoms with E-state index in [-0.39, 0.29) is 22.1 Å². The fourth-order valence-corrected chi connectivity index (χ4v) is 3.53. The first-order chi connectivity index (χ1) is 14.8. The summed E-state index contributed by atoms with van der Waals surface area (Å²) in [6.45, 7) is 0. The first-order valence-corrected chi connectivity index (χ1v) is 10.1. The third-order valence-electron chi connectivity index (χ3n) is 4.44. The van der Waals surface area contributed by atoms with Gasteiger partial charge in [0.15, 0.2) is 5.11 Å². The lowest BCUT2D eigenvalue weighted by Gasteiger charge is -2.28. The zero-order valence-electron chi connectivity index (χ0n) is 15.6. The van der Waals surface area contributed by atoms with E-state index in [1.165, 1.54) is 23.1 Å². The topological polar surface area (TPSA) is 106 Å². The van der Waals surface area contributed by atoms with Crippen LogP contribution in [0.1, 0.15) is 5.76 Å². The molecule has 2 aromatic carbocycles. The molecule has 2 heterocycles. The minimum atomic E-state index is -0.642. The summed E-state index contributed by atoms with van der Waals surface area (Å²) in [6.07, 6.45) is 1.31. The normalized spacial score (nSPS) is 15.3. The number of non-ortho nitro benzene ring substituents is 1. The zero-order chi connectivity index (χ0) is 22.1. The van der Waals surface area contributed by atoms with E-state index in [9.17, 15) is 19.7 Å². The molecule has 0 aliphatic carbocycles. The maximum atomic E-state index is 13.0. The molecule has 3 aromatic rings. The van der Waals surface area contributed by atoms with Gasteiger partial charge in [-0.25, -0.2) is 0 Å². The van der Waals surface area contributed by atoms with Crippen molar-refractivity contribution in [1.82, 2.24) is 5.32 Å². The van der Waals surface area contributed by atoms with Gasteiger partial charge in [0.2, 0.25) is 0 Å². The van der Waals surface area contributed by atoms with E-state index in [0.717, 1.165) is 4.47 Å². The molecule has 0 saturated carbocycles. The first-order valence-electron chi connectivity index (χ1n) is 8.85. The molecule has 1 aliphatic heterocycles. The van der Waals surface area contributed by atoms with Crippen LogP contribution >= 0.6 is 28.1 Å². The number of nitrogens with one attached hydrogen (secondary N) is 1. The second-order valence-electron chi connectivity index (χ2n) is 6.44. The minimum Gasteiger partial charge on any atom is -0.457 e. The summed E-state index contributed by atoms with van der Waals surface area (Å²) in [5.74, 6) is -0.635. The fourth-order valence-electron chi connectivity index (χ4n) is 2.98. The Hall–Kier alpha value is -3.63. The third kappa shape index (κ3) is 4.16. The summed E-state index contributed by atoms with van der Waals surface area (Å²) >= 11 is 8.50. The number of carbonyl (C=O) groups is 2. The van der Waals surface area contributed by atoms with Crippen molar-refractivity contribution in [3.63, 3.8) is 0 Å². The van der Waals surface area contributed by atoms with Crippen molar-refractivity contribution in [3.8, 4) is 11.3 Å². The number of hydrogen-bond donors (Lipinski definition) is 1. The van der Waals surface area contributed by atoms with Gasteiger partial charge in [-0.3, -0.25) is 29.9 Å². The van der Waals surface area contributed by atoms with E-state index in [4.69, 9.17) is 16.6 Å². The van der Waals surface area contributed by atoms with Gasteiger partial charge in [-0.15, -0.1) is 0 Å². The van der Waals surface area contributed by atoms with Crippen molar-refractivity contribution < 1.29 is 18.9 Å². The number of benzene rings is 2. The molecule has 0 unspecified atom stereocenters. The Morgan fingerprint density at radius 3 is 2.55 bits per heavy atom. The van der Waals surface area contributed by atoms with Crippen LogP contribution in [-0.2, 0) is 9.59 Å². The standard InChI is InChI=1S/C21H12BrN3O5S/c22-13-4-6-14(7-5-13)24-20(27)17(19(26)23-21(24)31)11-16-8-9-18(30-16)12-2-1-3-15(10-12)25(28)29/h1-11H,(H,23,26,31). The number of amides is 2. The molecule has 0 radical (unpaired) electrons. The Kier molecular flexibility index (Phi) is 5.49. The average molecular weight is 498 g/mol. The van der Waals surface area contributed by atoms with Crippen LogP contribution in [0, 0.1) is 10.1 Å². The number of nitro groups is 1. The molecular formula is C21H12BrN3O5S. The maximum absolute atomic E-state index is 13.0. The Balaban J connectivity index is 1.66. The van der Waals surface area contributed by atoms with Crippen LogP contribution < -0.4 is 10.2 Å². The molecule has 31 heavy (non-hydrogen) atoms. The van der Waals surface area contributed by atoms with Crippen LogP contribution in [0.4, 0.5) is 11.4 Å². The third-order valence-corrected chi connectivity index (χ3v) is 5.25. The van der Waals surface area contributed by atoms with Gasteiger partial charge in [0.1, 0.15) is 17.1 Å². The lowest BCUT2D eigenvalue weighted by Crippen LogP contribution is -2.54. The molecule has 10 heteroatoms. The van der Waals surface area contributed by atoms with Crippen LogP contribution in [0.25, 0.3) is 17.4 Å². The predicted molar refractivity (Wildman–Crippen MR) is 121 cm³/mol. The number of rotatable bonds is 4. The van der Waals surface area contributed by atoms with Gasteiger partial charge in [-0.2, -0.15) is 0 Å². The van der Waals surface area contributed by atoms with Gasteiger partial charge >= 0.3 is 0 Å². The molecule has 1 fully saturated rings. The van der Waals surface area contributed by atoms with E-state index >= 15 is 0 Å². The number of anilines is 1. The highest BCUT2D eigenvalue weighted by Gasteiger charge is 2.34. The number of nitro benzene ring substituents is 1. The molecule has 154 valence electrons. The summed E-state index contributed by atoms with van der Waals surface area (Å²) in [6, 6.07) is 16.0. The molecule has 1 saturated heterocycles. The smallest absolute Gasteiger partial charge is 0.270 e. The second kappa shape index (κ2) is 8.25. The van der Waals surface area contributed by atoms with Crippen molar-refractivity contribution in [2.75, 3.05) is 4.90 Å². The van der Waals surface area contributed by atoms with Crippen LogP contribution in [0.15, 0.2) is 75.1 Å². The van der Waals surface area contributed by atoms with Crippen LogP contribution in [0.3, 0.4) is 0 Å². The Morgan fingerprint density at radius 2 is 1.84 bits per heavy atom. The maximum Gasteiger partial charge on any atom is 0.270 e. The number of furan rings is 1. The molecule has 0 atom stereocenters. The van der Waals surface area contributed by atoms with Crippen LogP contribution in [0.2, 0.25) is 0 Å². The monoisotopic (exact) mass is 497 g/mol. The zero-order valence-corrected chi connectivity index (χ0v) is 18.0. The SMILES string of the molecule is O=C1NC(=S)N(c2ccc(Br)cc2)C(=O)C1=Cc1ccc(-c2cccc([N+](=O)[O-])c2)o1. The molecule has 8 nitrogen and oxygen atoms in total. The molecule has 0 spiro atoms. The van der Waals surface area contributed by atoms with Gasteiger partial charge in [-0.05, 0) is 54.7 Å². The van der Waals surface area contributed by atoms with Crippen molar-refractivity contribution in [2.45, 2.75) is 0 Å². The molecule has 2 amide bonds. The van der Waals surface area contributed by atoms with Crippen molar-refractivity contribution in [3.05, 3.63) is 86.6 Å². The quantitative estimate of drug-likeness (QED) is 0.187. The van der Waals surface area contributed by atoms with Gasteiger partial charge in [0.05, 0.1) is 10.6 Å². The van der Waals surface area contributed by atoms with E-state index in [0.29, 0.717) is 17.0 Å². The van der Waals surface area contributed by atoms with E-state index < -0.39 is 16.7 Å². The average Bonchev–Trinajstić information content (AvgIpc) is 3.21. The number of carbonyl (C=O) groups excluding carboxylic acids is 2. The molecule has 1 aliphatic rings. The van der Waals surface area contributed by atoms with Gasteiger partial charge in [0, 0.05) is 22.2 Å². The summed E-state index contributed by atoms with van der Waals surface area (Å²) in [7, 11) is 0. The van der Waals surface area contributed by atoms with E-state index in [2.05, 4.69) is 21.2 Å². The van der Waals surface area contributed by atoms with Crippen LogP contribution in [-0.4, -0.2) is 21.9 Å². The molecule has 1 N–H and O–H groups in total. The number of nitrogens with zero attached hydrogens (tertiary/aromatic N) is 2. The highest BCUT2D eigenvalue weighted by molar-refractivity contribution is 9.10. The Morgan fingerprint density at radius 1 is 1.10 bits per heavy atom. The van der Waals surface area contributed by atoms with Crippen LogP contribution in [0.5, 0.6) is 0 Å². The first kappa shape index (κ1) is 20.6. The Labute approximate surface area is 189 Å². The summed E-state index contributed by atoms with van der Waals surface area (Å²) in [5, 5.41) is 13.5. The Bertz CT molecular complexity index is 1270.